The van der Waals surface area contributed by atoms with Gasteiger partial charge in [-0.25, -0.2) is 4.98 Å². The van der Waals surface area contributed by atoms with Crippen molar-refractivity contribution in [3.63, 3.8) is 0 Å². The van der Waals surface area contributed by atoms with E-state index in [9.17, 15) is 18.0 Å². The minimum atomic E-state index is -4.43. The molecule has 2 aromatic heterocycles. The second-order valence-electron chi connectivity index (χ2n) is 6.02. The highest BCUT2D eigenvalue weighted by Gasteiger charge is 2.34. The van der Waals surface area contributed by atoms with Crippen molar-refractivity contribution < 1.29 is 22.5 Å². The summed E-state index contributed by atoms with van der Waals surface area (Å²) in [6.07, 6.45) is -5.59. The summed E-state index contributed by atoms with van der Waals surface area (Å²) in [7, 11) is 0. The Bertz CT molecular complexity index is 936. The predicted molar refractivity (Wildman–Crippen MR) is 88.6 cm³/mol. The lowest BCUT2D eigenvalue weighted by Crippen LogP contribution is -2.32. The Labute approximate surface area is 147 Å². The molecule has 2 heterocycles. The van der Waals surface area contributed by atoms with Gasteiger partial charge in [-0.05, 0) is 25.5 Å². The molecule has 136 valence electrons. The molecule has 0 saturated heterocycles. The predicted octanol–water partition coefficient (Wildman–Crippen LogP) is 4.26. The molecule has 0 fully saturated rings. The third-order valence-corrected chi connectivity index (χ3v) is 3.93. The number of fused-ring (bicyclic) bond motifs is 1. The van der Waals surface area contributed by atoms with Crippen LogP contribution in [0.25, 0.3) is 11.1 Å². The first kappa shape index (κ1) is 17.9. The number of nitrogens with zero attached hydrogens (tertiary/aromatic N) is 2. The second-order valence-corrected chi connectivity index (χ2v) is 6.02. The van der Waals surface area contributed by atoms with Gasteiger partial charge in [-0.1, -0.05) is 35.5 Å². The van der Waals surface area contributed by atoms with Crippen LogP contribution in [0.4, 0.5) is 13.2 Å². The van der Waals surface area contributed by atoms with Crippen molar-refractivity contribution in [1.29, 1.82) is 0 Å². The Kier molecular flexibility index (Phi) is 4.67. The van der Waals surface area contributed by atoms with Crippen LogP contribution in [0.15, 0.2) is 40.9 Å². The van der Waals surface area contributed by atoms with Gasteiger partial charge in [0.25, 0.3) is 11.6 Å². The van der Waals surface area contributed by atoms with Gasteiger partial charge in [0.15, 0.2) is 0 Å². The molecule has 1 unspecified atom stereocenters. The normalized spacial score (nSPS) is 13.0. The summed E-state index contributed by atoms with van der Waals surface area (Å²) >= 11 is 0. The quantitative estimate of drug-likeness (QED) is 0.752. The summed E-state index contributed by atoms with van der Waals surface area (Å²) < 4.78 is 44.0. The molecule has 0 aliphatic rings. The standard InChI is InChI=1S/C18H16F3N3O2/c1-10-8-13(15-11(2)24-26-17(15)22-10)16(25)23-14(9-18(19,20)21)12-6-4-3-5-7-12/h3-8,14H,9H2,1-2H3,(H,23,25). The van der Waals surface area contributed by atoms with Crippen molar-refractivity contribution >= 4 is 17.0 Å². The first-order valence-corrected chi connectivity index (χ1v) is 7.91. The molecule has 1 aromatic carbocycles. The molecule has 0 spiro atoms. The summed E-state index contributed by atoms with van der Waals surface area (Å²) in [6.45, 7) is 3.31. The Balaban J connectivity index is 1.97. The average Bonchev–Trinajstić information content (AvgIpc) is 2.94. The number of benzene rings is 1. The smallest absolute Gasteiger partial charge is 0.345 e. The molecule has 1 amide bonds. The van der Waals surface area contributed by atoms with Crippen LogP contribution in [0.3, 0.4) is 0 Å². The summed E-state index contributed by atoms with van der Waals surface area (Å²) in [5, 5.41) is 6.66. The van der Waals surface area contributed by atoms with E-state index >= 15 is 0 Å². The maximum absolute atomic E-state index is 13.0. The third kappa shape index (κ3) is 3.84. The molecule has 26 heavy (non-hydrogen) atoms. The number of hydrogen-bond donors (Lipinski definition) is 1. The monoisotopic (exact) mass is 363 g/mol. The maximum Gasteiger partial charge on any atom is 0.391 e. The van der Waals surface area contributed by atoms with Crippen LogP contribution in [-0.2, 0) is 0 Å². The lowest BCUT2D eigenvalue weighted by Gasteiger charge is -2.21. The van der Waals surface area contributed by atoms with Crippen LogP contribution in [0.2, 0.25) is 0 Å². The fourth-order valence-electron chi connectivity index (χ4n) is 2.80. The van der Waals surface area contributed by atoms with E-state index in [2.05, 4.69) is 15.5 Å². The van der Waals surface area contributed by atoms with Crippen molar-refractivity contribution in [1.82, 2.24) is 15.5 Å². The molecule has 5 nitrogen and oxygen atoms in total. The number of pyridine rings is 1. The number of aryl methyl sites for hydroxylation is 2. The van der Waals surface area contributed by atoms with Gasteiger partial charge in [-0.3, -0.25) is 4.79 Å². The number of hydrogen-bond acceptors (Lipinski definition) is 4. The van der Waals surface area contributed by atoms with Crippen molar-refractivity contribution in [2.45, 2.75) is 32.5 Å². The summed E-state index contributed by atoms with van der Waals surface area (Å²) in [5.74, 6) is -0.634. The van der Waals surface area contributed by atoms with E-state index in [4.69, 9.17) is 4.52 Å². The van der Waals surface area contributed by atoms with Crippen molar-refractivity contribution in [2.75, 3.05) is 0 Å². The van der Waals surface area contributed by atoms with E-state index in [0.29, 0.717) is 22.3 Å². The molecule has 0 bridgehead atoms. The molecule has 0 aliphatic carbocycles. The van der Waals surface area contributed by atoms with Gasteiger partial charge < -0.3 is 9.84 Å². The van der Waals surface area contributed by atoms with E-state index in [1.807, 2.05) is 0 Å². The van der Waals surface area contributed by atoms with Crippen molar-refractivity contribution in [3.05, 3.63) is 58.9 Å². The van der Waals surface area contributed by atoms with E-state index in [0.717, 1.165) is 0 Å². The SMILES string of the molecule is Cc1cc(C(=O)NC(CC(F)(F)F)c2ccccc2)c2c(C)noc2n1. The fraction of sp³-hybridized carbons (Fsp3) is 0.278. The molecule has 0 radical (unpaired) electrons. The Hall–Kier alpha value is -2.90. The van der Waals surface area contributed by atoms with E-state index < -0.39 is 24.5 Å². The van der Waals surface area contributed by atoms with Crippen LogP contribution in [-0.4, -0.2) is 22.2 Å². The Morgan fingerprint density at radius 1 is 1.23 bits per heavy atom. The largest absolute Gasteiger partial charge is 0.391 e. The minimum Gasteiger partial charge on any atom is -0.345 e. The number of alkyl halides is 3. The second kappa shape index (κ2) is 6.78. The highest BCUT2D eigenvalue weighted by molar-refractivity contribution is 6.06. The fourth-order valence-corrected chi connectivity index (χ4v) is 2.80. The van der Waals surface area contributed by atoms with Crippen molar-refractivity contribution in [2.24, 2.45) is 0 Å². The van der Waals surface area contributed by atoms with Crippen LogP contribution >= 0.6 is 0 Å². The zero-order chi connectivity index (χ0) is 18.9. The Morgan fingerprint density at radius 3 is 2.58 bits per heavy atom. The zero-order valence-corrected chi connectivity index (χ0v) is 14.1. The van der Waals surface area contributed by atoms with Gasteiger partial charge in [0.2, 0.25) is 0 Å². The third-order valence-electron chi connectivity index (χ3n) is 3.93. The lowest BCUT2D eigenvalue weighted by atomic mass is 10.0. The summed E-state index contributed by atoms with van der Waals surface area (Å²) in [6, 6.07) is 8.37. The van der Waals surface area contributed by atoms with Gasteiger partial charge in [-0.2, -0.15) is 13.2 Å². The van der Waals surface area contributed by atoms with E-state index in [1.54, 1.807) is 44.2 Å². The highest BCUT2D eigenvalue weighted by atomic mass is 19.4. The van der Waals surface area contributed by atoms with Gasteiger partial charge in [0.1, 0.15) is 0 Å². The van der Waals surface area contributed by atoms with Crippen LogP contribution < -0.4 is 5.32 Å². The molecule has 1 atom stereocenters. The lowest BCUT2D eigenvalue weighted by molar-refractivity contribution is -0.139. The van der Waals surface area contributed by atoms with Gasteiger partial charge in [-0.15, -0.1) is 0 Å². The topological polar surface area (TPSA) is 68.0 Å². The average molecular weight is 363 g/mol. The molecule has 3 rings (SSSR count). The molecular weight excluding hydrogens is 347 g/mol. The summed E-state index contributed by atoms with van der Waals surface area (Å²) in [4.78, 5) is 16.9. The number of amides is 1. The molecule has 3 aromatic rings. The number of nitrogens with one attached hydrogen (secondary N) is 1. The van der Waals surface area contributed by atoms with Crippen molar-refractivity contribution in [3.8, 4) is 0 Å². The minimum absolute atomic E-state index is 0.180. The van der Waals surface area contributed by atoms with Gasteiger partial charge in [0, 0.05) is 5.69 Å². The highest BCUT2D eigenvalue weighted by Crippen LogP contribution is 2.30. The molecule has 8 heteroatoms. The Morgan fingerprint density at radius 2 is 1.92 bits per heavy atom. The summed E-state index contributed by atoms with van der Waals surface area (Å²) in [5.41, 5.74) is 1.70. The molecular formula is C18H16F3N3O2. The first-order valence-electron chi connectivity index (χ1n) is 7.91. The molecule has 0 saturated carbocycles. The van der Waals surface area contributed by atoms with Crippen LogP contribution in [0.5, 0.6) is 0 Å². The van der Waals surface area contributed by atoms with Crippen LogP contribution in [0.1, 0.15) is 39.8 Å². The van der Waals surface area contributed by atoms with E-state index in [1.165, 1.54) is 6.07 Å². The number of carbonyl (C=O) groups excluding carboxylic acids is 1. The molecule has 1 N–H and O–H groups in total. The van der Waals surface area contributed by atoms with Gasteiger partial charge in [0.05, 0.1) is 29.1 Å². The number of carbonyl (C=O) groups is 1. The molecule has 0 aliphatic heterocycles. The van der Waals surface area contributed by atoms with Crippen LogP contribution in [0, 0.1) is 13.8 Å². The first-order chi connectivity index (χ1) is 12.2. The zero-order valence-electron chi connectivity index (χ0n) is 14.1. The number of halogens is 3. The number of rotatable bonds is 4. The van der Waals surface area contributed by atoms with Gasteiger partial charge >= 0.3 is 6.18 Å². The maximum atomic E-state index is 13.0. The number of aromatic nitrogens is 2. The van der Waals surface area contributed by atoms with E-state index in [-0.39, 0.29) is 11.3 Å².